The number of pyridine rings is 1. The number of likely N-dealkylation sites (tertiary alicyclic amines) is 1. The van der Waals surface area contributed by atoms with E-state index in [0.29, 0.717) is 19.0 Å². The van der Waals surface area contributed by atoms with Crippen molar-refractivity contribution in [2.75, 3.05) is 19.6 Å². The van der Waals surface area contributed by atoms with E-state index in [2.05, 4.69) is 26.6 Å². The fourth-order valence-electron chi connectivity index (χ4n) is 3.38. The van der Waals surface area contributed by atoms with E-state index in [1.807, 2.05) is 43.5 Å². The van der Waals surface area contributed by atoms with Crippen LogP contribution in [0, 0.1) is 12.8 Å². The van der Waals surface area contributed by atoms with Crippen molar-refractivity contribution in [3.63, 3.8) is 0 Å². The molecule has 0 unspecified atom stereocenters. The summed E-state index contributed by atoms with van der Waals surface area (Å²) in [6.07, 6.45) is 5.73. The van der Waals surface area contributed by atoms with Crippen LogP contribution in [-0.2, 0) is 22.7 Å². The summed E-state index contributed by atoms with van der Waals surface area (Å²) in [6, 6.07) is 11.9. The number of aromatic nitrogens is 1. The first-order valence-corrected chi connectivity index (χ1v) is 9.83. The first-order valence-electron chi connectivity index (χ1n) is 9.83. The Labute approximate surface area is 166 Å². The molecular formula is C22H28N4O2. The molecule has 3 rings (SSSR count). The predicted molar refractivity (Wildman–Crippen MR) is 108 cm³/mol. The maximum atomic E-state index is 12.0. The topological polar surface area (TPSA) is 74.3 Å². The highest BCUT2D eigenvalue weighted by atomic mass is 16.2. The molecule has 1 aliphatic rings. The van der Waals surface area contributed by atoms with E-state index in [1.54, 1.807) is 6.20 Å². The third kappa shape index (κ3) is 6.16. The molecular weight excluding hydrogens is 352 g/mol. The van der Waals surface area contributed by atoms with Gasteiger partial charge >= 0.3 is 11.8 Å². The van der Waals surface area contributed by atoms with Gasteiger partial charge in [-0.1, -0.05) is 35.9 Å². The second kappa shape index (κ2) is 9.99. The molecule has 0 bridgehead atoms. The van der Waals surface area contributed by atoms with Crippen molar-refractivity contribution in [3.05, 3.63) is 65.5 Å². The van der Waals surface area contributed by atoms with Crippen LogP contribution in [0.3, 0.4) is 0 Å². The minimum absolute atomic E-state index is 0.360. The van der Waals surface area contributed by atoms with Crippen molar-refractivity contribution in [3.8, 4) is 0 Å². The lowest BCUT2D eigenvalue weighted by atomic mass is 9.96. The van der Waals surface area contributed by atoms with Crippen LogP contribution in [0.2, 0.25) is 0 Å². The number of aryl methyl sites for hydroxylation is 1. The van der Waals surface area contributed by atoms with Gasteiger partial charge in [0.1, 0.15) is 0 Å². The Morgan fingerprint density at radius 1 is 1.04 bits per heavy atom. The quantitative estimate of drug-likeness (QED) is 0.752. The fourth-order valence-corrected chi connectivity index (χ4v) is 3.38. The lowest BCUT2D eigenvalue weighted by Gasteiger charge is -2.31. The number of hydrogen-bond donors (Lipinski definition) is 2. The van der Waals surface area contributed by atoms with Crippen molar-refractivity contribution in [1.82, 2.24) is 20.5 Å². The van der Waals surface area contributed by atoms with Crippen LogP contribution in [-0.4, -0.2) is 41.3 Å². The Hall–Kier alpha value is -2.73. The van der Waals surface area contributed by atoms with Gasteiger partial charge in [-0.25, -0.2) is 0 Å². The molecule has 0 atom stereocenters. The van der Waals surface area contributed by atoms with Gasteiger partial charge in [0, 0.05) is 32.0 Å². The second-order valence-corrected chi connectivity index (χ2v) is 7.46. The maximum absolute atomic E-state index is 12.0. The summed E-state index contributed by atoms with van der Waals surface area (Å²) in [5, 5.41) is 5.46. The van der Waals surface area contributed by atoms with Crippen molar-refractivity contribution in [2.24, 2.45) is 5.92 Å². The van der Waals surface area contributed by atoms with E-state index in [-0.39, 0.29) is 0 Å². The standard InChI is InChI=1S/C22H28N4O2/c1-17-4-6-18(7-5-17)14-24-21(27)22(28)25-15-19-8-11-26(12-9-19)16-20-3-2-10-23-13-20/h2-7,10,13,19H,8-9,11-12,14-16H2,1H3,(H,24,27)(H,25,28). The lowest BCUT2D eigenvalue weighted by Crippen LogP contribution is -2.43. The van der Waals surface area contributed by atoms with E-state index in [1.165, 1.54) is 11.1 Å². The molecule has 1 saturated heterocycles. The molecule has 6 heteroatoms. The molecule has 2 amide bonds. The summed E-state index contributed by atoms with van der Waals surface area (Å²) < 4.78 is 0. The Kier molecular flexibility index (Phi) is 7.14. The molecule has 0 radical (unpaired) electrons. The Morgan fingerprint density at radius 2 is 1.75 bits per heavy atom. The zero-order valence-electron chi connectivity index (χ0n) is 16.4. The zero-order chi connectivity index (χ0) is 19.8. The number of hydrogen-bond acceptors (Lipinski definition) is 4. The highest BCUT2D eigenvalue weighted by molar-refractivity contribution is 6.35. The molecule has 2 heterocycles. The van der Waals surface area contributed by atoms with Crippen molar-refractivity contribution >= 4 is 11.8 Å². The van der Waals surface area contributed by atoms with Gasteiger partial charge in [-0.3, -0.25) is 19.5 Å². The Balaban J connectivity index is 1.33. The monoisotopic (exact) mass is 380 g/mol. The van der Waals surface area contributed by atoms with Crippen LogP contribution in [0.1, 0.15) is 29.5 Å². The molecule has 28 heavy (non-hydrogen) atoms. The Bertz CT molecular complexity index is 769. The maximum Gasteiger partial charge on any atom is 0.309 e. The van der Waals surface area contributed by atoms with Crippen molar-refractivity contribution in [2.45, 2.75) is 32.9 Å². The summed E-state index contributed by atoms with van der Waals surface area (Å²) in [6.45, 7) is 5.83. The number of rotatable bonds is 6. The van der Waals surface area contributed by atoms with Crippen LogP contribution in [0.5, 0.6) is 0 Å². The molecule has 1 aromatic carbocycles. The normalized spacial score (nSPS) is 15.2. The van der Waals surface area contributed by atoms with Gasteiger partial charge in [-0.2, -0.15) is 0 Å². The van der Waals surface area contributed by atoms with E-state index in [9.17, 15) is 9.59 Å². The lowest BCUT2D eigenvalue weighted by molar-refractivity contribution is -0.139. The molecule has 1 aromatic heterocycles. The van der Waals surface area contributed by atoms with Gasteiger partial charge in [-0.15, -0.1) is 0 Å². The highest BCUT2D eigenvalue weighted by Crippen LogP contribution is 2.18. The molecule has 0 saturated carbocycles. The van der Waals surface area contributed by atoms with Gasteiger partial charge in [0.15, 0.2) is 0 Å². The number of carbonyl (C=O) groups is 2. The van der Waals surface area contributed by atoms with E-state index >= 15 is 0 Å². The molecule has 148 valence electrons. The molecule has 1 fully saturated rings. The van der Waals surface area contributed by atoms with E-state index < -0.39 is 11.8 Å². The number of nitrogens with zero attached hydrogens (tertiary/aromatic N) is 2. The summed E-state index contributed by atoms with van der Waals surface area (Å²) in [7, 11) is 0. The van der Waals surface area contributed by atoms with Gasteiger partial charge in [0.25, 0.3) is 0 Å². The SMILES string of the molecule is Cc1ccc(CNC(=O)C(=O)NCC2CCN(Cc3cccnc3)CC2)cc1. The first kappa shape index (κ1) is 20.0. The molecule has 1 aliphatic heterocycles. The van der Waals surface area contributed by atoms with Crippen molar-refractivity contribution in [1.29, 1.82) is 0 Å². The van der Waals surface area contributed by atoms with E-state index in [0.717, 1.165) is 38.0 Å². The fraction of sp³-hybridized carbons (Fsp3) is 0.409. The largest absolute Gasteiger partial charge is 0.348 e. The third-order valence-corrected chi connectivity index (χ3v) is 5.17. The first-order chi connectivity index (χ1) is 13.6. The third-order valence-electron chi connectivity index (χ3n) is 5.17. The van der Waals surface area contributed by atoms with Crippen LogP contribution >= 0.6 is 0 Å². The Morgan fingerprint density at radius 3 is 2.43 bits per heavy atom. The number of carbonyl (C=O) groups excluding carboxylic acids is 2. The van der Waals surface area contributed by atoms with Crippen molar-refractivity contribution < 1.29 is 9.59 Å². The zero-order valence-corrected chi connectivity index (χ0v) is 16.4. The van der Waals surface area contributed by atoms with Crippen LogP contribution < -0.4 is 10.6 Å². The van der Waals surface area contributed by atoms with Gasteiger partial charge in [-0.05, 0) is 56.0 Å². The highest BCUT2D eigenvalue weighted by Gasteiger charge is 2.21. The summed E-state index contributed by atoms with van der Waals surface area (Å²) in [5.41, 5.74) is 3.37. The van der Waals surface area contributed by atoms with Gasteiger partial charge in [0.05, 0.1) is 0 Å². The molecule has 0 aliphatic carbocycles. The average Bonchev–Trinajstić information content (AvgIpc) is 2.73. The second-order valence-electron chi connectivity index (χ2n) is 7.46. The summed E-state index contributed by atoms with van der Waals surface area (Å²) >= 11 is 0. The smallest absolute Gasteiger partial charge is 0.309 e. The number of piperidine rings is 1. The van der Waals surface area contributed by atoms with Gasteiger partial charge in [0.2, 0.25) is 0 Å². The number of nitrogens with one attached hydrogen (secondary N) is 2. The molecule has 6 nitrogen and oxygen atoms in total. The van der Waals surface area contributed by atoms with Crippen LogP contribution in [0.4, 0.5) is 0 Å². The van der Waals surface area contributed by atoms with Crippen LogP contribution in [0.15, 0.2) is 48.8 Å². The van der Waals surface area contributed by atoms with Gasteiger partial charge < -0.3 is 10.6 Å². The molecule has 0 spiro atoms. The number of benzene rings is 1. The molecule has 2 N–H and O–H groups in total. The summed E-state index contributed by atoms with van der Waals surface area (Å²) in [4.78, 5) is 30.6. The van der Waals surface area contributed by atoms with Crippen LogP contribution in [0.25, 0.3) is 0 Å². The minimum atomic E-state index is -0.574. The number of amides is 2. The van der Waals surface area contributed by atoms with E-state index in [4.69, 9.17) is 0 Å². The predicted octanol–water partition coefficient (Wildman–Crippen LogP) is 2.03. The summed E-state index contributed by atoms with van der Waals surface area (Å²) in [5.74, 6) is -0.710. The molecule has 2 aromatic rings. The minimum Gasteiger partial charge on any atom is -0.348 e. The average molecular weight is 380 g/mol.